The quantitative estimate of drug-likeness (QED) is 0.732. The Kier molecular flexibility index (Phi) is 3.92. The van der Waals surface area contributed by atoms with Crippen LogP contribution in [0.5, 0.6) is 0 Å². The Morgan fingerprint density at radius 2 is 2.20 bits per heavy atom. The minimum absolute atomic E-state index is 0.177. The van der Waals surface area contributed by atoms with Gasteiger partial charge in [0.1, 0.15) is 5.54 Å². The number of rotatable bonds is 2. The van der Waals surface area contributed by atoms with Crippen molar-refractivity contribution in [2.75, 3.05) is 26.3 Å². The number of hydrogen-bond acceptors (Lipinski definition) is 3. The number of nitrogens with zero attached hydrogens (tertiary/aromatic N) is 2. The summed E-state index contributed by atoms with van der Waals surface area (Å²) in [6.07, 6.45) is 0.597. The molecule has 1 saturated heterocycles. The molecule has 0 bridgehead atoms. The van der Waals surface area contributed by atoms with Gasteiger partial charge in [0.25, 0.3) is 0 Å². The lowest BCUT2D eigenvalue weighted by Gasteiger charge is -2.30. The van der Waals surface area contributed by atoms with Crippen LogP contribution in [0.2, 0.25) is 0 Å². The second-order valence-electron chi connectivity index (χ2n) is 3.83. The summed E-state index contributed by atoms with van der Waals surface area (Å²) in [6, 6.07) is 1.93. The highest BCUT2D eigenvalue weighted by atomic mass is 16.5. The van der Waals surface area contributed by atoms with E-state index in [2.05, 4.69) is 11.4 Å². The number of nitrogens with one attached hydrogen (secondary N) is 1. The number of morpholine rings is 1. The molecule has 1 unspecified atom stereocenters. The molecule has 1 N–H and O–H groups in total. The molecule has 0 radical (unpaired) electrons. The number of amides is 2. The second-order valence-corrected chi connectivity index (χ2v) is 3.83. The largest absolute Gasteiger partial charge is 0.378 e. The van der Waals surface area contributed by atoms with Crippen LogP contribution in [0.15, 0.2) is 0 Å². The van der Waals surface area contributed by atoms with Crippen molar-refractivity contribution < 1.29 is 9.53 Å². The summed E-state index contributed by atoms with van der Waals surface area (Å²) in [5.41, 5.74) is -0.768. The fraction of sp³-hybridized carbons (Fsp3) is 0.800. The van der Waals surface area contributed by atoms with Crippen molar-refractivity contribution in [1.82, 2.24) is 10.2 Å². The van der Waals surface area contributed by atoms with E-state index in [1.54, 1.807) is 11.8 Å². The molecule has 1 atom stereocenters. The van der Waals surface area contributed by atoms with Crippen LogP contribution in [-0.4, -0.2) is 42.8 Å². The Morgan fingerprint density at radius 1 is 1.60 bits per heavy atom. The summed E-state index contributed by atoms with van der Waals surface area (Å²) in [5.74, 6) is 0. The molecule has 0 aromatic rings. The van der Waals surface area contributed by atoms with E-state index in [1.807, 2.05) is 6.92 Å². The molecular formula is C10H17N3O2. The maximum Gasteiger partial charge on any atom is 0.318 e. The molecule has 1 fully saturated rings. The molecule has 1 aliphatic rings. The van der Waals surface area contributed by atoms with E-state index in [0.29, 0.717) is 32.7 Å². The number of ether oxygens (including phenoxy) is 1. The molecular weight excluding hydrogens is 194 g/mol. The third-order valence-corrected chi connectivity index (χ3v) is 2.63. The van der Waals surface area contributed by atoms with Crippen molar-refractivity contribution in [3.8, 4) is 6.07 Å². The van der Waals surface area contributed by atoms with Crippen LogP contribution in [0.4, 0.5) is 4.79 Å². The molecule has 0 aromatic carbocycles. The first-order valence-electron chi connectivity index (χ1n) is 5.17. The lowest BCUT2D eigenvalue weighted by molar-refractivity contribution is 0.0519. The first-order chi connectivity index (χ1) is 7.11. The van der Waals surface area contributed by atoms with Gasteiger partial charge in [0.2, 0.25) is 0 Å². The summed E-state index contributed by atoms with van der Waals surface area (Å²) >= 11 is 0. The highest BCUT2D eigenvalue weighted by molar-refractivity contribution is 5.75. The number of carbonyl (C=O) groups is 1. The van der Waals surface area contributed by atoms with Gasteiger partial charge in [-0.2, -0.15) is 5.26 Å². The normalized spacial score (nSPS) is 20.2. The van der Waals surface area contributed by atoms with Crippen molar-refractivity contribution in [3.63, 3.8) is 0 Å². The SMILES string of the molecule is CCC(C)(C#N)NC(=O)N1CCOCC1. The Hall–Kier alpha value is -1.28. The number of carbonyl (C=O) groups excluding carboxylic acids is 1. The van der Waals surface area contributed by atoms with Crippen molar-refractivity contribution in [1.29, 1.82) is 5.26 Å². The van der Waals surface area contributed by atoms with E-state index in [9.17, 15) is 4.79 Å². The Balaban J connectivity index is 2.50. The topological polar surface area (TPSA) is 65.4 Å². The van der Waals surface area contributed by atoms with E-state index in [1.165, 1.54) is 0 Å². The second kappa shape index (κ2) is 4.99. The highest BCUT2D eigenvalue weighted by Crippen LogP contribution is 2.08. The molecule has 1 heterocycles. The van der Waals surface area contributed by atoms with E-state index >= 15 is 0 Å². The predicted molar refractivity (Wildman–Crippen MR) is 55.2 cm³/mol. The van der Waals surface area contributed by atoms with Crippen molar-refractivity contribution >= 4 is 6.03 Å². The third kappa shape index (κ3) is 3.10. The van der Waals surface area contributed by atoms with Crippen molar-refractivity contribution in [2.45, 2.75) is 25.8 Å². The Morgan fingerprint density at radius 3 is 2.67 bits per heavy atom. The van der Waals surface area contributed by atoms with Gasteiger partial charge < -0.3 is 15.0 Å². The molecule has 1 aliphatic heterocycles. The van der Waals surface area contributed by atoms with Gasteiger partial charge in [-0.1, -0.05) is 6.92 Å². The van der Waals surface area contributed by atoms with Gasteiger partial charge >= 0.3 is 6.03 Å². The molecule has 0 aliphatic carbocycles. The summed E-state index contributed by atoms with van der Waals surface area (Å²) in [5, 5.41) is 11.7. The van der Waals surface area contributed by atoms with E-state index < -0.39 is 5.54 Å². The molecule has 0 saturated carbocycles. The number of hydrogen-bond donors (Lipinski definition) is 1. The first kappa shape index (κ1) is 11.8. The lowest BCUT2D eigenvalue weighted by Crippen LogP contribution is -2.53. The summed E-state index contributed by atoms with van der Waals surface area (Å²) < 4.78 is 5.15. The molecule has 84 valence electrons. The van der Waals surface area contributed by atoms with E-state index in [0.717, 1.165) is 0 Å². The maximum atomic E-state index is 11.7. The standard InChI is InChI=1S/C10H17N3O2/c1-3-10(2,8-11)12-9(14)13-4-6-15-7-5-13/h3-7H2,1-2H3,(H,12,14). The smallest absolute Gasteiger partial charge is 0.318 e. The van der Waals surface area contributed by atoms with Crippen LogP contribution >= 0.6 is 0 Å². The van der Waals surface area contributed by atoms with Crippen LogP contribution in [-0.2, 0) is 4.74 Å². The summed E-state index contributed by atoms with van der Waals surface area (Å²) in [6.45, 7) is 5.94. The lowest BCUT2D eigenvalue weighted by atomic mass is 10.0. The monoisotopic (exact) mass is 211 g/mol. The molecule has 5 heteroatoms. The van der Waals surface area contributed by atoms with Crippen LogP contribution in [0, 0.1) is 11.3 Å². The molecule has 1 rings (SSSR count). The Bertz CT molecular complexity index is 268. The Labute approximate surface area is 90.0 Å². The predicted octanol–water partition coefficient (Wildman–Crippen LogP) is 0.720. The molecule has 5 nitrogen and oxygen atoms in total. The fourth-order valence-electron chi connectivity index (χ4n) is 1.28. The van der Waals surface area contributed by atoms with Gasteiger partial charge in [-0.3, -0.25) is 0 Å². The maximum absolute atomic E-state index is 11.7. The molecule has 0 spiro atoms. The van der Waals surface area contributed by atoms with Crippen LogP contribution < -0.4 is 5.32 Å². The zero-order valence-corrected chi connectivity index (χ0v) is 9.25. The highest BCUT2D eigenvalue weighted by Gasteiger charge is 2.27. The third-order valence-electron chi connectivity index (χ3n) is 2.63. The van der Waals surface area contributed by atoms with E-state index in [-0.39, 0.29) is 6.03 Å². The first-order valence-corrected chi connectivity index (χ1v) is 5.17. The van der Waals surface area contributed by atoms with E-state index in [4.69, 9.17) is 10.00 Å². The number of urea groups is 1. The number of nitriles is 1. The fourth-order valence-corrected chi connectivity index (χ4v) is 1.28. The van der Waals surface area contributed by atoms with Gasteiger partial charge in [-0.15, -0.1) is 0 Å². The molecule has 2 amide bonds. The minimum atomic E-state index is -0.768. The average Bonchev–Trinajstić information content (AvgIpc) is 2.30. The van der Waals surface area contributed by atoms with Crippen molar-refractivity contribution in [3.05, 3.63) is 0 Å². The van der Waals surface area contributed by atoms with Crippen LogP contribution in [0.25, 0.3) is 0 Å². The van der Waals surface area contributed by atoms with Gasteiger partial charge in [-0.05, 0) is 13.3 Å². The summed E-state index contributed by atoms with van der Waals surface area (Å²) in [7, 11) is 0. The minimum Gasteiger partial charge on any atom is -0.378 e. The molecule has 0 aromatic heterocycles. The van der Waals surface area contributed by atoms with Gasteiger partial charge in [0.15, 0.2) is 0 Å². The van der Waals surface area contributed by atoms with Crippen LogP contribution in [0.1, 0.15) is 20.3 Å². The van der Waals surface area contributed by atoms with Gasteiger partial charge in [-0.25, -0.2) is 4.79 Å². The zero-order chi connectivity index (χ0) is 11.3. The van der Waals surface area contributed by atoms with Crippen molar-refractivity contribution in [2.24, 2.45) is 0 Å². The summed E-state index contributed by atoms with van der Waals surface area (Å²) in [4.78, 5) is 13.4. The average molecular weight is 211 g/mol. The van der Waals surface area contributed by atoms with Gasteiger partial charge in [0, 0.05) is 13.1 Å². The van der Waals surface area contributed by atoms with Gasteiger partial charge in [0.05, 0.1) is 19.3 Å². The molecule has 15 heavy (non-hydrogen) atoms. The zero-order valence-electron chi connectivity index (χ0n) is 9.25. The van der Waals surface area contributed by atoms with Crippen LogP contribution in [0.3, 0.4) is 0 Å².